The van der Waals surface area contributed by atoms with E-state index in [0.717, 1.165) is 30.1 Å². The van der Waals surface area contributed by atoms with Gasteiger partial charge in [-0.2, -0.15) is 5.10 Å². The normalized spacial score (nSPS) is 12.1. The lowest BCUT2D eigenvalue weighted by molar-refractivity contribution is 0.367. The van der Waals surface area contributed by atoms with Crippen LogP contribution in [0.15, 0.2) is 0 Å². The van der Waals surface area contributed by atoms with Crippen LogP contribution in [0.1, 0.15) is 24.6 Å². The largest absolute Gasteiger partial charge is 0.481 e. The molecule has 8 heteroatoms. The Morgan fingerprint density at radius 1 is 1.43 bits per heavy atom. The second-order valence-electron chi connectivity index (χ2n) is 4.98. The standard InChI is InChI=1S/C13H26N4O3S/c1-6-17(21(5,18)19)9-7-8-14-10-12-11(2)15-16(3)13(12)20-4/h14H,6-10H2,1-5H3. The van der Waals surface area contributed by atoms with Crippen molar-refractivity contribution in [3.63, 3.8) is 0 Å². The van der Waals surface area contributed by atoms with Crippen molar-refractivity contribution >= 4 is 10.0 Å². The Bertz CT molecular complexity index is 554. The Morgan fingerprint density at radius 3 is 2.62 bits per heavy atom. The molecule has 1 rings (SSSR count). The summed E-state index contributed by atoms with van der Waals surface area (Å²) in [6, 6.07) is 0. The molecule has 0 aromatic carbocycles. The summed E-state index contributed by atoms with van der Waals surface area (Å²) >= 11 is 0. The molecule has 0 saturated heterocycles. The average molecular weight is 318 g/mol. The minimum atomic E-state index is -3.10. The van der Waals surface area contributed by atoms with Gasteiger partial charge >= 0.3 is 0 Å². The number of rotatable bonds is 9. The molecule has 1 heterocycles. The quantitative estimate of drug-likeness (QED) is 0.671. The molecule has 7 nitrogen and oxygen atoms in total. The predicted molar refractivity (Wildman–Crippen MR) is 82.9 cm³/mol. The zero-order valence-corrected chi connectivity index (χ0v) is 14.3. The molecule has 1 N–H and O–H groups in total. The summed E-state index contributed by atoms with van der Waals surface area (Å²) in [4.78, 5) is 0. The summed E-state index contributed by atoms with van der Waals surface area (Å²) < 4.78 is 31.4. The Hall–Kier alpha value is -1.12. The Labute approximate surface area is 127 Å². The second-order valence-corrected chi connectivity index (χ2v) is 6.96. The van der Waals surface area contributed by atoms with Crippen LogP contribution in [-0.4, -0.2) is 55.5 Å². The molecule has 0 atom stereocenters. The topological polar surface area (TPSA) is 76.5 Å². The maximum Gasteiger partial charge on any atom is 0.216 e. The first-order chi connectivity index (χ1) is 9.81. The van der Waals surface area contributed by atoms with E-state index in [0.29, 0.717) is 19.6 Å². The van der Waals surface area contributed by atoms with E-state index in [1.165, 1.54) is 10.6 Å². The number of nitrogens with one attached hydrogen (secondary N) is 1. The molecule has 21 heavy (non-hydrogen) atoms. The van der Waals surface area contributed by atoms with E-state index < -0.39 is 10.0 Å². The predicted octanol–water partition coefficient (Wildman–Crippen LogP) is 0.498. The van der Waals surface area contributed by atoms with E-state index in [9.17, 15) is 8.42 Å². The number of aryl methyl sites for hydroxylation is 2. The van der Waals surface area contributed by atoms with Crippen LogP contribution in [0.2, 0.25) is 0 Å². The Morgan fingerprint density at radius 2 is 2.10 bits per heavy atom. The number of ether oxygens (including phenoxy) is 1. The van der Waals surface area contributed by atoms with Gasteiger partial charge in [0.1, 0.15) is 0 Å². The summed E-state index contributed by atoms with van der Waals surface area (Å²) in [5, 5.41) is 7.63. The summed E-state index contributed by atoms with van der Waals surface area (Å²) in [6.45, 7) is 6.23. The number of methoxy groups -OCH3 is 1. The molecule has 0 saturated carbocycles. The fourth-order valence-corrected chi connectivity index (χ4v) is 3.22. The molecule has 1 aromatic heterocycles. The number of nitrogens with zero attached hydrogens (tertiary/aromatic N) is 3. The first kappa shape index (κ1) is 17.9. The number of hydrogen-bond acceptors (Lipinski definition) is 5. The van der Waals surface area contributed by atoms with Gasteiger partial charge in [0.15, 0.2) is 0 Å². The fourth-order valence-electron chi connectivity index (χ4n) is 2.29. The number of sulfonamides is 1. The van der Waals surface area contributed by atoms with Crippen LogP contribution in [-0.2, 0) is 23.6 Å². The molecule has 0 aliphatic heterocycles. The molecule has 0 bridgehead atoms. The fraction of sp³-hybridized carbons (Fsp3) is 0.769. The lowest BCUT2D eigenvalue weighted by Crippen LogP contribution is -2.32. The van der Waals surface area contributed by atoms with Crippen LogP contribution >= 0.6 is 0 Å². The third-order valence-corrected chi connectivity index (χ3v) is 4.75. The lowest BCUT2D eigenvalue weighted by Gasteiger charge is -2.17. The molecule has 0 spiro atoms. The van der Waals surface area contributed by atoms with Gasteiger partial charge in [0.05, 0.1) is 24.6 Å². The third-order valence-electron chi connectivity index (χ3n) is 3.37. The van der Waals surface area contributed by atoms with Crippen LogP contribution in [0.25, 0.3) is 0 Å². The van der Waals surface area contributed by atoms with Crippen LogP contribution < -0.4 is 10.1 Å². The number of aromatic nitrogens is 2. The van der Waals surface area contributed by atoms with Crippen molar-refractivity contribution in [3.05, 3.63) is 11.3 Å². The molecule has 1 aromatic rings. The summed E-state index contributed by atoms with van der Waals surface area (Å²) in [5.74, 6) is 0.756. The highest BCUT2D eigenvalue weighted by Crippen LogP contribution is 2.20. The van der Waals surface area contributed by atoms with Crippen LogP contribution in [0, 0.1) is 6.92 Å². The van der Waals surface area contributed by atoms with Gasteiger partial charge in [-0.25, -0.2) is 17.4 Å². The van der Waals surface area contributed by atoms with E-state index in [-0.39, 0.29) is 0 Å². The zero-order chi connectivity index (χ0) is 16.0. The lowest BCUT2D eigenvalue weighted by atomic mass is 10.2. The minimum absolute atomic E-state index is 0.508. The smallest absolute Gasteiger partial charge is 0.216 e. The van der Waals surface area contributed by atoms with E-state index >= 15 is 0 Å². The molecule has 0 unspecified atom stereocenters. The van der Waals surface area contributed by atoms with Crippen molar-refractivity contribution in [2.45, 2.75) is 26.8 Å². The van der Waals surface area contributed by atoms with Crippen molar-refractivity contribution in [1.29, 1.82) is 0 Å². The molecule has 0 aliphatic rings. The Balaban J connectivity index is 2.42. The summed E-state index contributed by atoms with van der Waals surface area (Å²) in [7, 11) is 0.382. The maximum absolute atomic E-state index is 11.5. The molecular weight excluding hydrogens is 292 g/mol. The van der Waals surface area contributed by atoms with E-state index in [2.05, 4.69) is 10.4 Å². The SMILES string of the molecule is CCN(CCCNCc1c(C)nn(C)c1OC)S(C)(=O)=O. The van der Waals surface area contributed by atoms with Crippen molar-refractivity contribution < 1.29 is 13.2 Å². The van der Waals surface area contributed by atoms with Gasteiger partial charge < -0.3 is 10.1 Å². The third kappa shape index (κ3) is 4.98. The highest BCUT2D eigenvalue weighted by atomic mass is 32.2. The van der Waals surface area contributed by atoms with Gasteiger partial charge in [0.25, 0.3) is 0 Å². The van der Waals surface area contributed by atoms with Gasteiger partial charge in [-0.05, 0) is 19.9 Å². The van der Waals surface area contributed by atoms with Gasteiger partial charge in [-0.3, -0.25) is 0 Å². The highest BCUT2D eigenvalue weighted by molar-refractivity contribution is 7.88. The van der Waals surface area contributed by atoms with Crippen LogP contribution in [0.5, 0.6) is 5.88 Å². The molecular formula is C13H26N4O3S. The molecule has 0 fully saturated rings. The highest BCUT2D eigenvalue weighted by Gasteiger charge is 2.14. The van der Waals surface area contributed by atoms with Crippen molar-refractivity contribution in [1.82, 2.24) is 19.4 Å². The first-order valence-corrected chi connectivity index (χ1v) is 8.88. The minimum Gasteiger partial charge on any atom is -0.481 e. The van der Waals surface area contributed by atoms with Crippen molar-refractivity contribution in [2.75, 3.05) is 33.0 Å². The second kappa shape index (κ2) is 7.77. The van der Waals surface area contributed by atoms with E-state index in [1.54, 1.807) is 11.8 Å². The average Bonchev–Trinajstić information content (AvgIpc) is 2.66. The van der Waals surface area contributed by atoms with Gasteiger partial charge in [0, 0.05) is 26.7 Å². The van der Waals surface area contributed by atoms with Gasteiger partial charge in [-0.1, -0.05) is 6.92 Å². The molecule has 0 radical (unpaired) electrons. The first-order valence-electron chi connectivity index (χ1n) is 7.03. The van der Waals surface area contributed by atoms with Crippen molar-refractivity contribution in [2.24, 2.45) is 7.05 Å². The molecule has 0 aliphatic carbocycles. The summed E-state index contributed by atoms with van der Waals surface area (Å²) in [5.41, 5.74) is 1.98. The number of hydrogen-bond donors (Lipinski definition) is 1. The van der Waals surface area contributed by atoms with Crippen molar-refractivity contribution in [3.8, 4) is 5.88 Å². The Kier molecular flexibility index (Phi) is 6.63. The van der Waals surface area contributed by atoms with Crippen LogP contribution in [0.4, 0.5) is 0 Å². The molecule has 122 valence electrons. The zero-order valence-electron chi connectivity index (χ0n) is 13.5. The van der Waals surface area contributed by atoms with E-state index in [1.807, 2.05) is 20.9 Å². The van der Waals surface area contributed by atoms with Gasteiger partial charge in [-0.15, -0.1) is 0 Å². The van der Waals surface area contributed by atoms with E-state index in [4.69, 9.17) is 4.74 Å². The maximum atomic E-state index is 11.5. The van der Waals surface area contributed by atoms with Gasteiger partial charge in [0.2, 0.25) is 15.9 Å². The van der Waals surface area contributed by atoms with Crippen LogP contribution in [0.3, 0.4) is 0 Å². The monoisotopic (exact) mass is 318 g/mol. The molecule has 0 amide bonds. The summed E-state index contributed by atoms with van der Waals surface area (Å²) in [6.07, 6.45) is 2.01.